The molecule has 0 amide bonds. The SMILES string of the molecule is Cc1nn(C)cc1-c1ccccc1. The van der Waals surface area contributed by atoms with E-state index in [1.807, 2.05) is 43.0 Å². The molecule has 0 aliphatic rings. The van der Waals surface area contributed by atoms with Gasteiger partial charge in [0, 0.05) is 18.8 Å². The zero-order valence-electron chi connectivity index (χ0n) is 7.86. The maximum atomic E-state index is 4.30. The van der Waals surface area contributed by atoms with Crippen molar-refractivity contribution in [2.45, 2.75) is 6.92 Å². The van der Waals surface area contributed by atoms with Crippen LogP contribution in [0.15, 0.2) is 36.5 Å². The first-order chi connectivity index (χ1) is 6.27. The predicted molar refractivity (Wildman–Crippen MR) is 53.4 cm³/mol. The molecule has 0 aliphatic carbocycles. The lowest BCUT2D eigenvalue weighted by molar-refractivity contribution is 0.756. The molecule has 66 valence electrons. The highest BCUT2D eigenvalue weighted by atomic mass is 15.2. The highest BCUT2D eigenvalue weighted by Gasteiger charge is 2.03. The van der Waals surface area contributed by atoms with E-state index >= 15 is 0 Å². The van der Waals surface area contributed by atoms with E-state index in [1.54, 1.807) is 0 Å². The first kappa shape index (κ1) is 8.05. The van der Waals surface area contributed by atoms with Crippen LogP contribution in [0.3, 0.4) is 0 Å². The minimum Gasteiger partial charge on any atom is -0.275 e. The molecule has 2 aromatic rings. The van der Waals surface area contributed by atoms with Crippen molar-refractivity contribution in [3.8, 4) is 11.1 Å². The smallest absolute Gasteiger partial charge is 0.0671 e. The van der Waals surface area contributed by atoms with Crippen molar-refractivity contribution in [1.82, 2.24) is 9.78 Å². The van der Waals surface area contributed by atoms with Gasteiger partial charge < -0.3 is 0 Å². The Balaban J connectivity index is 2.53. The van der Waals surface area contributed by atoms with Crippen LogP contribution in [0, 0.1) is 6.92 Å². The molecule has 1 aromatic carbocycles. The lowest BCUT2D eigenvalue weighted by Crippen LogP contribution is -1.86. The number of aryl methyl sites for hydroxylation is 2. The summed E-state index contributed by atoms with van der Waals surface area (Å²) in [7, 11) is 1.94. The van der Waals surface area contributed by atoms with E-state index in [2.05, 4.69) is 17.2 Å². The van der Waals surface area contributed by atoms with Gasteiger partial charge in [-0.05, 0) is 12.5 Å². The number of hydrogen-bond acceptors (Lipinski definition) is 1. The Hall–Kier alpha value is -1.57. The Morgan fingerprint density at radius 3 is 2.38 bits per heavy atom. The summed E-state index contributed by atoms with van der Waals surface area (Å²) in [4.78, 5) is 0. The molecular weight excluding hydrogens is 160 g/mol. The maximum Gasteiger partial charge on any atom is 0.0671 e. The molecule has 0 aliphatic heterocycles. The van der Waals surface area contributed by atoms with Gasteiger partial charge in [0.1, 0.15) is 0 Å². The zero-order chi connectivity index (χ0) is 9.26. The molecule has 2 rings (SSSR count). The summed E-state index contributed by atoms with van der Waals surface area (Å²) in [5.74, 6) is 0. The topological polar surface area (TPSA) is 17.8 Å². The second-order valence-corrected chi connectivity index (χ2v) is 3.17. The summed E-state index contributed by atoms with van der Waals surface area (Å²) >= 11 is 0. The van der Waals surface area contributed by atoms with Gasteiger partial charge in [-0.15, -0.1) is 0 Å². The van der Waals surface area contributed by atoms with Gasteiger partial charge in [0.25, 0.3) is 0 Å². The normalized spacial score (nSPS) is 10.3. The van der Waals surface area contributed by atoms with Crippen LogP contribution < -0.4 is 0 Å². The van der Waals surface area contributed by atoms with E-state index in [4.69, 9.17) is 0 Å². The van der Waals surface area contributed by atoms with E-state index in [1.165, 1.54) is 11.1 Å². The molecule has 0 saturated heterocycles. The fourth-order valence-corrected chi connectivity index (χ4v) is 1.50. The van der Waals surface area contributed by atoms with Gasteiger partial charge in [0.15, 0.2) is 0 Å². The van der Waals surface area contributed by atoms with E-state index in [9.17, 15) is 0 Å². The zero-order valence-corrected chi connectivity index (χ0v) is 7.86. The Bertz CT molecular complexity index is 401. The molecule has 1 aromatic heterocycles. The highest BCUT2D eigenvalue weighted by Crippen LogP contribution is 2.21. The molecule has 0 spiro atoms. The Labute approximate surface area is 77.8 Å². The Kier molecular flexibility index (Phi) is 1.89. The van der Waals surface area contributed by atoms with E-state index in [0.717, 1.165) is 5.69 Å². The average molecular weight is 172 g/mol. The molecule has 2 heteroatoms. The quantitative estimate of drug-likeness (QED) is 0.645. The molecule has 0 atom stereocenters. The van der Waals surface area contributed by atoms with Crippen LogP contribution in [-0.4, -0.2) is 9.78 Å². The molecule has 0 bridgehead atoms. The van der Waals surface area contributed by atoms with E-state index in [0.29, 0.717) is 0 Å². The highest BCUT2D eigenvalue weighted by molar-refractivity contribution is 5.64. The lowest BCUT2D eigenvalue weighted by Gasteiger charge is -1.96. The van der Waals surface area contributed by atoms with Gasteiger partial charge >= 0.3 is 0 Å². The van der Waals surface area contributed by atoms with Crippen molar-refractivity contribution in [3.63, 3.8) is 0 Å². The van der Waals surface area contributed by atoms with Crippen molar-refractivity contribution in [2.75, 3.05) is 0 Å². The minimum atomic E-state index is 1.08. The van der Waals surface area contributed by atoms with Gasteiger partial charge in [-0.1, -0.05) is 30.3 Å². The van der Waals surface area contributed by atoms with Crippen LogP contribution >= 0.6 is 0 Å². The summed E-state index contributed by atoms with van der Waals surface area (Å²) in [6.45, 7) is 2.03. The third-order valence-corrected chi connectivity index (χ3v) is 2.10. The van der Waals surface area contributed by atoms with Crippen molar-refractivity contribution >= 4 is 0 Å². The van der Waals surface area contributed by atoms with Crippen molar-refractivity contribution in [3.05, 3.63) is 42.2 Å². The molecule has 0 radical (unpaired) electrons. The third kappa shape index (κ3) is 1.47. The second-order valence-electron chi connectivity index (χ2n) is 3.17. The summed E-state index contributed by atoms with van der Waals surface area (Å²) in [6, 6.07) is 10.3. The number of nitrogens with zero attached hydrogens (tertiary/aromatic N) is 2. The van der Waals surface area contributed by atoms with Crippen molar-refractivity contribution in [1.29, 1.82) is 0 Å². The Morgan fingerprint density at radius 1 is 1.15 bits per heavy atom. The first-order valence-corrected chi connectivity index (χ1v) is 4.33. The summed E-state index contributed by atoms with van der Waals surface area (Å²) in [6.07, 6.45) is 2.05. The predicted octanol–water partition coefficient (Wildman–Crippen LogP) is 2.40. The molecule has 13 heavy (non-hydrogen) atoms. The third-order valence-electron chi connectivity index (χ3n) is 2.10. The molecule has 0 unspecified atom stereocenters. The van der Waals surface area contributed by atoms with Gasteiger partial charge in [-0.3, -0.25) is 4.68 Å². The summed E-state index contributed by atoms with van der Waals surface area (Å²) in [5.41, 5.74) is 3.52. The standard InChI is InChI=1S/C11H12N2/c1-9-11(8-13(2)12-9)10-6-4-3-5-7-10/h3-8H,1-2H3. The van der Waals surface area contributed by atoms with Crippen molar-refractivity contribution in [2.24, 2.45) is 7.05 Å². The molecule has 2 nitrogen and oxygen atoms in total. The van der Waals surface area contributed by atoms with Crippen LogP contribution in [0.4, 0.5) is 0 Å². The van der Waals surface area contributed by atoms with Crippen LogP contribution in [0.25, 0.3) is 11.1 Å². The number of aromatic nitrogens is 2. The van der Waals surface area contributed by atoms with Crippen LogP contribution in [0.1, 0.15) is 5.69 Å². The molecule has 0 N–H and O–H groups in total. The number of benzene rings is 1. The van der Waals surface area contributed by atoms with Gasteiger partial charge in [-0.2, -0.15) is 5.10 Å². The average Bonchev–Trinajstić information content (AvgIpc) is 2.47. The van der Waals surface area contributed by atoms with E-state index < -0.39 is 0 Å². The summed E-state index contributed by atoms with van der Waals surface area (Å²) in [5, 5.41) is 4.30. The van der Waals surface area contributed by atoms with Crippen LogP contribution in [-0.2, 0) is 7.05 Å². The van der Waals surface area contributed by atoms with E-state index in [-0.39, 0.29) is 0 Å². The Morgan fingerprint density at radius 2 is 1.85 bits per heavy atom. The van der Waals surface area contributed by atoms with Gasteiger partial charge in [0.2, 0.25) is 0 Å². The maximum absolute atomic E-state index is 4.30. The largest absolute Gasteiger partial charge is 0.275 e. The lowest BCUT2D eigenvalue weighted by atomic mass is 10.1. The van der Waals surface area contributed by atoms with Crippen LogP contribution in [0.5, 0.6) is 0 Å². The molecule has 1 heterocycles. The fraction of sp³-hybridized carbons (Fsp3) is 0.182. The minimum absolute atomic E-state index is 1.08. The molecule has 0 saturated carbocycles. The molecule has 0 fully saturated rings. The number of hydrogen-bond donors (Lipinski definition) is 0. The van der Waals surface area contributed by atoms with Crippen molar-refractivity contribution < 1.29 is 0 Å². The first-order valence-electron chi connectivity index (χ1n) is 4.33. The number of rotatable bonds is 1. The molecular formula is C11H12N2. The van der Waals surface area contributed by atoms with Gasteiger partial charge in [0.05, 0.1) is 5.69 Å². The van der Waals surface area contributed by atoms with Crippen LogP contribution in [0.2, 0.25) is 0 Å². The fourth-order valence-electron chi connectivity index (χ4n) is 1.50. The monoisotopic (exact) mass is 172 g/mol. The second kappa shape index (κ2) is 3.05. The van der Waals surface area contributed by atoms with Gasteiger partial charge in [-0.25, -0.2) is 0 Å². The summed E-state index contributed by atoms with van der Waals surface area (Å²) < 4.78 is 1.84.